The standard InChI is InChI=1S/C6H12O3.C5H10O3.C4H6O2/c1-5(4-8-3)9-6(2)7;1-3-8-5(7)4(2)6;5-4-2-1-3-6-4/h5H,4H2,1-3H3;4,6H,3H2,1-2H3;1-3H2. The largest absolute Gasteiger partial charge is 0.466 e. The molecule has 0 spiro atoms. The number of ether oxygens (including phenoxy) is 4. The first-order valence-electron chi connectivity index (χ1n) is 7.41. The highest BCUT2D eigenvalue weighted by molar-refractivity contribution is 5.73. The molecule has 0 aliphatic carbocycles. The highest BCUT2D eigenvalue weighted by atomic mass is 16.6. The predicted octanol–water partition coefficient (Wildman–Crippen LogP) is 0.838. The Balaban J connectivity index is 0. The molecule has 1 saturated heterocycles. The Labute approximate surface area is 137 Å². The number of aliphatic hydroxyl groups is 1. The first-order valence-corrected chi connectivity index (χ1v) is 7.41. The molecule has 0 aromatic rings. The topological polar surface area (TPSA) is 108 Å². The van der Waals surface area contributed by atoms with Crippen LogP contribution in [-0.2, 0) is 33.3 Å². The highest BCUT2D eigenvalue weighted by Gasteiger charge is 2.08. The minimum Gasteiger partial charge on any atom is -0.466 e. The van der Waals surface area contributed by atoms with Gasteiger partial charge in [-0.15, -0.1) is 0 Å². The Kier molecular flexibility index (Phi) is 15.6. The summed E-state index contributed by atoms with van der Waals surface area (Å²) in [5, 5.41) is 8.48. The van der Waals surface area contributed by atoms with Crippen molar-refractivity contribution in [2.45, 2.75) is 52.7 Å². The van der Waals surface area contributed by atoms with Crippen molar-refractivity contribution in [1.29, 1.82) is 0 Å². The first-order chi connectivity index (χ1) is 10.7. The van der Waals surface area contributed by atoms with E-state index in [9.17, 15) is 14.4 Å². The third-order valence-corrected chi connectivity index (χ3v) is 2.18. The van der Waals surface area contributed by atoms with E-state index < -0.39 is 12.1 Å². The number of carbonyl (C=O) groups excluding carboxylic acids is 3. The Hall–Kier alpha value is -1.67. The van der Waals surface area contributed by atoms with Crippen LogP contribution in [-0.4, -0.2) is 62.2 Å². The van der Waals surface area contributed by atoms with E-state index >= 15 is 0 Å². The lowest BCUT2D eigenvalue weighted by atomic mass is 10.4. The minimum atomic E-state index is -0.991. The Morgan fingerprint density at radius 2 is 1.96 bits per heavy atom. The predicted molar refractivity (Wildman–Crippen MR) is 81.6 cm³/mol. The average Bonchev–Trinajstić information content (AvgIpc) is 2.91. The molecule has 1 N–H and O–H groups in total. The molecular weight excluding hydrogens is 308 g/mol. The zero-order valence-corrected chi connectivity index (χ0v) is 14.5. The van der Waals surface area contributed by atoms with Crippen molar-refractivity contribution in [3.8, 4) is 0 Å². The van der Waals surface area contributed by atoms with Crippen molar-refractivity contribution in [3.63, 3.8) is 0 Å². The van der Waals surface area contributed by atoms with Crippen LogP contribution in [0, 0.1) is 0 Å². The van der Waals surface area contributed by atoms with E-state index in [-0.39, 0.29) is 18.0 Å². The van der Waals surface area contributed by atoms with Crippen LogP contribution in [0.2, 0.25) is 0 Å². The maximum atomic E-state index is 10.3. The molecule has 23 heavy (non-hydrogen) atoms. The fourth-order valence-electron chi connectivity index (χ4n) is 1.29. The summed E-state index contributed by atoms with van der Waals surface area (Å²) in [5.74, 6) is -0.873. The number of esters is 3. The second-order valence-electron chi connectivity index (χ2n) is 4.63. The van der Waals surface area contributed by atoms with Crippen molar-refractivity contribution < 1.29 is 38.4 Å². The molecule has 0 bridgehead atoms. The van der Waals surface area contributed by atoms with Gasteiger partial charge in [-0.25, -0.2) is 4.79 Å². The van der Waals surface area contributed by atoms with E-state index in [1.54, 1.807) is 21.0 Å². The molecule has 0 amide bonds. The number of hydrogen-bond acceptors (Lipinski definition) is 8. The SMILES string of the molecule is CCOC(=O)C(C)O.COCC(C)OC(C)=O.O=C1CCCO1. The van der Waals surface area contributed by atoms with Crippen LogP contribution >= 0.6 is 0 Å². The molecule has 1 fully saturated rings. The van der Waals surface area contributed by atoms with Crippen LogP contribution in [0.3, 0.4) is 0 Å². The second-order valence-corrected chi connectivity index (χ2v) is 4.63. The number of rotatable bonds is 5. The summed E-state index contributed by atoms with van der Waals surface area (Å²) in [6.07, 6.45) is 0.418. The van der Waals surface area contributed by atoms with Gasteiger partial charge in [-0.2, -0.15) is 0 Å². The smallest absolute Gasteiger partial charge is 0.334 e. The molecule has 136 valence electrons. The van der Waals surface area contributed by atoms with Gasteiger partial charge >= 0.3 is 17.9 Å². The number of carbonyl (C=O) groups is 3. The van der Waals surface area contributed by atoms with Crippen molar-refractivity contribution in [2.75, 3.05) is 26.9 Å². The van der Waals surface area contributed by atoms with E-state index in [1.165, 1.54) is 13.8 Å². The number of methoxy groups -OCH3 is 1. The molecule has 8 nitrogen and oxygen atoms in total. The molecular formula is C15H28O8. The van der Waals surface area contributed by atoms with Gasteiger partial charge in [0.2, 0.25) is 0 Å². The lowest BCUT2D eigenvalue weighted by Gasteiger charge is -2.08. The molecule has 8 heteroatoms. The molecule has 1 aliphatic heterocycles. The summed E-state index contributed by atoms with van der Waals surface area (Å²) in [5.41, 5.74) is 0. The molecule has 1 aliphatic rings. The summed E-state index contributed by atoms with van der Waals surface area (Å²) in [6.45, 7) is 7.65. The van der Waals surface area contributed by atoms with E-state index in [4.69, 9.17) is 14.6 Å². The lowest BCUT2D eigenvalue weighted by molar-refractivity contribution is -0.152. The van der Waals surface area contributed by atoms with Gasteiger partial charge in [-0.05, 0) is 27.2 Å². The maximum absolute atomic E-state index is 10.3. The van der Waals surface area contributed by atoms with Gasteiger partial charge < -0.3 is 24.1 Å². The van der Waals surface area contributed by atoms with Crippen LogP contribution < -0.4 is 0 Å². The van der Waals surface area contributed by atoms with Crippen molar-refractivity contribution in [3.05, 3.63) is 0 Å². The first kappa shape index (κ1) is 23.6. The summed E-state index contributed by atoms with van der Waals surface area (Å²) >= 11 is 0. The van der Waals surface area contributed by atoms with Gasteiger partial charge in [0.05, 0.1) is 19.8 Å². The second kappa shape index (κ2) is 15.2. The van der Waals surface area contributed by atoms with E-state index in [1.807, 2.05) is 0 Å². The fraction of sp³-hybridized carbons (Fsp3) is 0.800. The third-order valence-electron chi connectivity index (χ3n) is 2.18. The van der Waals surface area contributed by atoms with Gasteiger partial charge in [0, 0.05) is 20.5 Å². The van der Waals surface area contributed by atoms with Gasteiger partial charge in [0.1, 0.15) is 12.2 Å². The maximum Gasteiger partial charge on any atom is 0.334 e. The van der Waals surface area contributed by atoms with Crippen molar-refractivity contribution >= 4 is 17.9 Å². The molecule has 2 unspecified atom stereocenters. The van der Waals surface area contributed by atoms with Crippen LogP contribution in [0.15, 0.2) is 0 Å². The molecule has 0 aromatic heterocycles. The summed E-state index contributed by atoms with van der Waals surface area (Å²) in [7, 11) is 1.57. The number of cyclic esters (lactones) is 1. The Morgan fingerprint density at radius 1 is 1.35 bits per heavy atom. The third kappa shape index (κ3) is 18.3. The summed E-state index contributed by atoms with van der Waals surface area (Å²) in [4.78, 5) is 30.5. The monoisotopic (exact) mass is 336 g/mol. The Morgan fingerprint density at radius 3 is 2.17 bits per heavy atom. The average molecular weight is 336 g/mol. The highest BCUT2D eigenvalue weighted by Crippen LogP contribution is 2.01. The summed E-state index contributed by atoms with van der Waals surface area (Å²) < 4.78 is 18.4. The van der Waals surface area contributed by atoms with Crippen LogP contribution in [0.1, 0.15) is 40.5 Å². The van der Waals surface area contributed by atoms with Crippen LogP contribution in [0.4, 0.5) is 0 Å². The number of hydrogen-bond donors (Lipinski definition) is 1. The van der Waals surface area contributed by atoms with E-state index in [0.29, 0.717) is 26.2 Å². The molecule has 2 atom stereocenters. The fourth-order valence-corrected chi connectivity index (χ4v) is 1.29. The molecule has 1 heterocycles. The Bertz CT molecular complexity index is 332. The van der Waals surface area contributed by atoms with Gasteiger partial charge in [-0.1, -0.05) is 0 Å². The zero-order chi connectivity index (χ0) is 18.3. The molecule has 0 saturated carbocycles. The minimum absolute atomic E-state index is 0.0463. The number of aliphatic hydroxyl groups excluding tert-OH is 1. The lowest BCUT2D eigenvalue weighted by Crippen LogP contribution is -2.18. The van der Waals surface area contributed by atoms with E-state index in [2.05, 4.69) is 9.47 Å². The van der Waals surface area contributed by atoms with E-state index in [0.717, 1.165) is 6.42 Å². The van der Waals surface area contributed by atoms with Gasteiger partial charge in [-0.3, -0.25) is 9.59 Å². The van der Waals surface area contributed by atoms with Crippen LogP contribution in [0.25, 0.3) is 0 Å². The van der Waals surface area contributed by atoms with Gasteiger partial charge in [0.15, 0.2) is 0 Å². The molecule has 0 radical (unpaired) electrons. The summed E-state index contributed by atoms with van der Waals surface area (Å²) in [6, 6.07) is 0. The van der Waals surface area contributed by atoms with Crippen molar-refractivity contribution in [1.82, 2.24) is 0 Å². The molecule has 0 aromatic carbocycles. The van der Waals surface area contributed by atoms with Crippen LogP contribution in [0.5, 0.6) is 0 Å². The normalized spacial score (nSPS) is 15.0. The molecule has 1 rings (SSSR count). The van der Waals surface area contributed by atoms with Crippen molar-refractivity contribution in [2.24, 2.45) is 0 Å². The quantitative estimate of drug-likeness (QED) is 0.581. The zero-order valence-electron chi connectivity index (χ0n) is 14.5. The van der Waals surface area contributed by atoms with Gasteiger partial charge in [0.25, 0.3) is 0 Å².